The number of hydrogen-bond donors (Lipinski definition) is 1. The van der Waals surface area contributed by atoms with Crippen LogP contribution >= 0.6 is 0 Å². The molecule has 0 bridgehead atoms. The molecule has 0 fully saturated rings. The van der Waals surface area contributed by atoms with Crippen LogP contribution in [0.1, 0.15) is 13.8 Å². The van der Waals surface area contributed by atoms with Gasteiger partial charge in [-0.1, -0.05) is 13.8 Å². The fourth-order valence-electron chi connectivity index (χ4n) is 1.30. The molecule has 0 spiro atoms. The Morgan fingerprint density at radius 2 is 2.11 bits per heavy atom. The maximum atomic E-state index is 13.4. The topological polar surface area (TPSA) is 64.4 Å². The van der Waals surface area contributed by atoms with Gasteiger partial charge in [-0.05, 0) is 6.07 Å². The molecule has 1 aromatic rings. The van der Waals surface area contributed by atoms with Crippen LogP contribution in [0.4, 0.5) is 14.5 Å². The Balaban J connectivity index is 2.79. The minimum absolute atomic E-state index is 0.0133. The molecule has 0 saturated carbocycles. The van der Waals surface area contributed by atoms with E-state index in [1.807, 2.05) is 13.8 Å². The van der Waals surface area contributed by atoms with Crippen molar-refractivity contribution < 1.29 is 18.4 Å². The van der Waals surface area contributed by atoms with E-state index in [1.165, 1.54) is 0 Å². The van der Waals surface area contributed by atoms with Gasteiger partial charge >= 0.3 is 5.69 Å². The van der Waals surface area contributed by atoms with Crippen molar-refractivity contribution in [1.29, 1.82) is 0 Å². The van der Waals surface area contributed by atoms with Gasteiger partial charge < -0.3 is 10.1 Å². The summed E-state index contributed by atoms with van der Waals surface area (Å²) >= 11 is 0. The third-order valence-corrected chi connectivity index (χ3v) is 2.13. The van der Waals surface area contributed by atoms with E-state index < -0.39 is 28.0 Å². The Kier molecular flexibility index (Phi) is 4.96. The van der Waals surface area contributed by atoms with Crippen LogP contribution in [0.2, 0.25) is 0 Å². The van der Waals surface area contributed by atoms with Crippen LogP contribution in [0.15, 0.2) is 12.1 Å². The highest BCUT2D eigenvalue weighted by atomic mass is 19.2. The molecule has 0 aromatic heterocycles. The van der Waals surface area contributed by atoms with Gasteiger partial charge in [0.2, 0.25) is 11.6 Å². The molecule has 7 heteroatoms. The highest BCUT2D eigenvalue weighted by Gasteiger charge is 2.23. The van der Waals surface area contributed by atoms with E-state index in [1.54, 1.807) is 0 Å². The minimum Gasteiger partial charge on any atom is -0.483 e. The van der Waals surface area contributed by atoms with Gasteiger partial charge in [0.15, 0.2) is 5.82 Å². The lowest BCUT2D eigenvalue weighted by Gasteiger charge is -2.10. The fourth-order valence-corrected chi connectivity index (χ4v) is 1.30. The first kappa shape index (κ1) is 14.3. The van der Waals surface area contributed by atoms with Gasteiger partial charge in [-0.15, -0.1) is 0 Å². The van der Waals surface area contributed by atoms with E-state index in [9.17, 15) is 18.9 Å². The Labute approximate surface area is 103 Å². The molecule has 0 saturated heterocycles. The van der Waals surface area contributed by atoms with Gasteiger partial charge in [0, 0.05) is 18.7 Å². The number of halogens is 2. The van der Waals surface area contributed by atoms with Crippen LogP contribution < -0.4 is 10.1 Å². The summed E-state index contributed by atoms with van der Waals surface area (Å²) in [6, 6.07) is 1.79. The molecule has 1 rings (SSSR count). The zero-order valence-electron chi connectivity index (χ0n) is 10.1. The maximum absolute atomic E-state index is 13.4. The van der Waals surface area contributed by atoms with Crippen LogP contribution in [0.25, 0.3) is 0 Å². The largest absolute Gasteiger partial charge is 0.483 e. The molecular formula is C11H14F2N2O3. The van der Waals surface area contributed by atoms with E-state index in [2.05, 4.69) is 5.32 Å². The number of benzene rings is 1. The van der Waals surface area contributed by atoms with Crippen LogP contribution in [-0.4, -0.2) is 24.1 Å². The summed E-state index contributed by atoms with van der Waals surface area (Å²) in [7, 11) is 0. The van der Waals surface area contributed by atoms with Gasteiger partial charge in [0.25, 0.3) is 0 Å². The molecular weight excluding hydrogens is 246 g/mol. The van der Waals surface area contributed by atoms with Crippen molar-refractivity contribution in [3.63, 3.8) is 0 Å². The molecule has 5 nitrogen and oxygen atoms in total. The van der Waals surface area contributed by atoms with E-state index >= 15 is 0 Å². The van der Waals surface area contributed by atoms with Crippen LogP contribution in [0, 0.1) is 21.7 Å². The van der Waals surface area contributed by atoms with Crippen molar-refractivity contribution in [2.45, 2.75) is 19.9 Å². The van der Waals surface area contributed by atoms with Gasteiger partial charge in [-0.3, -0.25) is 10.1 Å². The summed E-state index contributed by atoms with van der Waals surface area (Å²) in [5, 5.41) is 13.6. The van der Waals surface area contributed by atoms with Crippen molar-refractivity contribution in [1.82, 2.24) is 5.32 Å². The Hall–Kier alpha value is -1.76. The molecule has 0 atom stereocenters. The van der Waals surface area contributed by atoms with Crippen LogP contribution in [0.5, 0.6) is 5.75 Å². The number of nitro groups is 1. The number of rotatable bonds is 6. The fraction of sp³-hybridized carbons (Fsp3) is 0.455. The van der Waals surface area contributed by atoms with Gasteiger partial charge in [-0.25, -0.2) is 4.39 Å². The first-order valence-corrected chi connectivity index (χ1v) is 5.42. The molecule has 100 valence electrons. The second-order valence-electron chi connectivity index (χ2n) is 3.92. The molecule has 0 aliphatic carbocycles. The quantitative estimate of drug-likeness (QED) is 0.484. The molecule has 0 heterocycles. The second-order valence-corrected chi connectivity index (χ2v) is 3.92. The van der Waals surface area contributed by atoms with E-state index in [0.717, 1.165) is 6.07 Å². The molecule has 0 aliphatic rings. The predicted molar refractivity (Wildman–Crippen MR) is 61.6 cm³/mol. The van der Waals surface area contributed by atoms with E-state index in [-0.39, 0.29) is 12.6 Å². The molecule has 1 N–H and O–H groups in total. The standard InChI is InChI=1S/C11H14F2N2O3/c1-7(2)14-5-6-18-11-9(15(16)17)4-3-8(12)10(11)13/h3-4,7,14H,5-6H2,1-2H3. The smallest absolute Gasteiger partial charge is 0.314 e. The van der Waals surface area contributed by atoms with Gasteiger partial charge in [0.05, 0.1) is 4.92 Å². The lowest BCUT2D eigenvalue weighted by Crippen LogP contribution is -2.27. The van der Waals surface area contributed by atoms with Crippen molar-refractivity contribution in [2.75, 3.05) is 13.2 Å². The summed E-state index contributed by atoms with van der Waals surface area (Å²) in [5.74, 6) is -3.17. The SMILES string of the molecule is CC(C)NCCOc1c([N+](=O)[O-])ccc(F)c1F. The molecule has 1 aromatic carbocycles. The summed E-state index contributed by atoms with van der Waals surface area (Å²) in [6.45, 7) is 4.21. The monoisotopic (exact) mass is 260 g/mol. The summed E-state index contributed by atoms with van der Waals surface area (Å²) < 4.78 is 31.3. The molecule has 0 aliphatic heterocycles. The highest BCUT2D eigenvalue weighted by molar-refractivity contribution is 5.47. The average Bonchev–Trinajstić information content (AvgIpc) is 2.29. The zero-order valence-corrected chi connectivity index (χ0v) is 10.1. The van der Waals surface area contributed by atoms with E-state index in [0.29, 0.717) is 12.6 Å². The summed E-state index contributed by atoms with van der Waals surface area (Å²) in [5.41, 5.74) is -0.585. The van der Waals surface area contributed by atoms with Gasteiger partial charge in [-0.2, -0.15) is 4.39 Å². The van der Waals surface area contributed by atoms with Crippen molar-refractivity contribution >= 4 is 5.69 Å². The lowest BCUT2D eigenvalue weighted by molar-refractivity contribution is -0.386. The number of nitrogens with one attached hydrogen (secondary N) is 1. The Bertz CT molecular complexity index is 439. The van der Waals surface area contributed by atoms with Crippen molar-refractivity contribution in [2.24, 2.45) is 0 Å². The third kappa shape index (κ3) is 3.63. The molecule has 18 heavy (non-hydrogen) atoms. The predicted octanol–water partition coefficient (Wildman–Crippen LogP) is 2.25. The number of nitrogens with zero attached hydrogens (tertiary/aromatic N) is 1. The average molecular weight is 260 g/mol. The third-order valence-electron chi connectivity index (χ3n) is 2.13. The second kappa shape index (κ2) is 6.25. The molecule has 0 radical (unpaired) electrons. The first-order valence-electron chi connectivity index (χ1n) is 5.42. The Morgan fingerprint density at radius 1 is 1.44 bits per heavy atom. The van der Waals surface area contributed by atoms with Crippen molar-refractivity contribution in [3.05, 3.63) is 33.9 Å². The zero-order chi connectivity index (χ0) is 13.7. The van der Waals surface area contributed by atoms with Gasteiger partial charge in [0.1, 0.15) is 6.61 Å². The summed E-state index contributed by atoms with van der Waals surface area (Å²) in [4.78, 5) is 9.84. The number of nitro benzene ring substituents is 1. The number of hydrogen-bond acceptors (Lipinski definition) is 4. The highest BCUT2D eigenvalue weighted by Crippen LogP contribution is 2.31. The summed E-state index contributed by atoms with van der Waals surface area (Å²) in [6.07, 6.45) is 0. The lowest BCUT2D eigenvalue weighted by atomic mass is 10.2. The maximum Gasteiger partial charge on any atom is 0.314 e. The Morgan fingerprint density at radius 3 is 2.67 bits per heavy atom. The minimum atomic E-state index is -1.34. The number of ether oxygens (including phenoxy) is 1. The van der Waals surface area contributed by atoms with E-state index in [4.69, 9.17) is 4.74 Å². The normalized spacial score (nSPS) is 10.7. The van der Waals surface area contributed by atoms with Crippen LogP contribution in [-0.2, 0) is 0 Å². The van der Waals surface area contributed by atoms with Crippen LogP contribution in [0.3, 0.4) is 0 Å². The van der Waals surface area contributed by atoms with Crippen molar-refractivity contribution in [3.8, 4) is 5.75 Å². The molecule has 0 unspecified atom stereocenters. The molecule has 0 amide bonds. The first-order chi connectivity index (χ1) is 8.43.